The first-order valence-corrected chi connectivity index (χ1v) is 8.43. The van der Waals surface area contributed by atoms with Crippen LogP contribution in [0.3, 0.4) is 0 Å². The van der Waals surface area contributed by atoms with E-state index in [1.54, 1.807) is 0 Å². The van der Waals surface area contributed by atoms with Crippen LogP contribution >= 0.6 is 0 Å². The Labute approximate surface area is 123 Å². The molecule has 114 valence electrons. The Morgan fingerprint density at radius 1 is 1.20 bits per heavy atom. The van der Waals surface area contributed by atoms with Crippen molar-refractivity contribution in [1.29, 1.82) is 0 Å². The first-order valence-electron chi connectivity index (χ1n) is 8.43. The first kappa shape index (κ1) is 14.4. The fraction of sp³-hybridized carbons (Fsp3) is 0.941. The number of hydrogen-bond donors (Lipinski definition) is 1. The largest absolute Gasteiger partial charge is 0.459 e. The lowest BCUT2D eigenvalue weighted by Gasteiger charge is -2.60. The molecule has 1 N–H and O–H groups in total. The van der Waals surface area contributed by atoms with Crippen molar-refractivity contribution in [3.63, 3.8) is 0 Å². The minimum Gasteiger partial charge on any atom is -0.459 e. The normalized spacial score (nSPS) is 42.2. The van der Waals surface area contributed by atoms with E-state index < -0.39 is 0 Å². The summed E-state index contributed by atoms with van der Waals surface area (Å²) < 4.78 is 5.67. The molecule has 0 spiro atoms. The highest BCUT2D eigenvalue weighted by Crippen LogP contribution is 2.66. The smallest absolute Gasteiger partial charge is 0.312 e. The van der Waals surface area contributed by atoms with Gasteiger partial charge >= 0.3 is 5.97 Å². The van der Waals surface area contributed by atoms with Crippen LogP contribution in [0.1, 0.15) is 51.9 Å². The maximum Gasteiger partial charge on any atom is 0.312 e. The molecular weight excluding hydrogens is 250 g/mol. The molecule has 4 fully saturated rings. The van der Waals surface area contributed by atoms with Gasteiger partial charge in [-0.25, -0.2) is 0 Å². The molecule has 0 unspecified atom stereocenters. The van der Waals surface area contributed by atoms with E-state index in [9.17, 15) is 4.79 Å². The van der Waals surface area contributed by atoms with Gasteiger partial charge in [0, 0.05) is 0 Å². The van der Waals surface area contributed by atoms with Crippen molar-refractivity contribution in [2.24, 2.45) is 22.7 Å². The predicted octanol–water partition coefficient (Wildman–Crippen LogP) is 1.67. The average Bonchev–Trinajstić information content (AvgIpc) is 2.36. The zero-order valence-electron chi connectivity index (χ0n) is 13.3. The fourth-order valence-electron chi connectivity index (χ4n) is 5.61. The molecule has 4 rings (SSSR count). The second kappa shape index (κ2) is 5.01. The number of esters is 1. The van der Waals surface area contributed by atoms with Crippen molar-refractivity contribution in [2.75, 3.05) is 27.2 Å². The van der Waals surface area contributed by atoms with Crippen molar-refractivity contribution >= 4 is 5.97 Å². The number of carbonyl (C=O) groups is 1. The SMILES string of the molecule is CCC12C[C@@H]3C[C@@H](C1)CC(C(=O)OCC[NH+](C)C)(C3)C2. The quantitative estimate of drug-likeness (QED) is 0.777. The maximum absolute atomic E-state index is 12.7. The van der Waals surface area contributed by atoms with Crippen LogP contribution in [-0.2, 0) is 9.53 Å². The molecule has 0 aromatic heterocycles. The van der Waals surface area contributed by atoms with Gasteiger partial charge in [-0.3, -0.25) is 4.79 Å². The predicted molar refractivity (Wildman–Crippen MR) is 78.5 cm³/mol. The van der Waals surface area contributed by atoms with E-state index in [1.165, 1.54) is 30.6 Å². The van der Waals surface area contributed by atoms with E-state index in [-0.39, 0.29) is 11.4 Å². The van der Waals surface area contributed by atoms with Crippen LogP contribution < -0.4 is 4.90 Å². The van der Waals surface area contributed by atoms with E-state index in [0.717, 1.165) is 37.6 Å². The van der Waals surface area contributed by atoms with Crippen LogP contribution in [-0.4, -0.2) is 33.2 Å². The average molecular weight is 280 g/mol. The van der Waals surface area contributed by atoms with Crippen molar-refractivity contribution in [2.45, 2.75) is 51.9 Å². The minimum atomic E-state index is -0.109. The Morgan fingerprint density at radius 3 is 2.40 bits per heavy atom. The van der Waals surface area contributed by atoms with Gasteiger partial charge in [-0.1, -0.05) is 13.3 Å². The molecule has 3 nitrogen and oxygen atoms in total. The van der Waals surface area contributed by atoms with Gasteiger partial charge in [0.15, 0.2) is 0 Å². The summed E-state index contributed by atoms with van der Waals surface area (Å²) in [5.41, 5.74) is 0.359. The highest BCUT2D eigenvalue weighted by Gasteiger charge is 2.60. The number of carbonyl (C=O) groups excluding carboxylic acids is 1. The highest BCUT2D eigenvalue weighted by atomic mass is 16.5. The molecule has 0 aromatic rings. The molecule has 0 heterocycles. The molecule has 4 saturated carbocycles. The molecular formula is C17H30NO2+. The Morgan fingerprint density at radius 2 is 1.85 bits per heavy atom. The number of quaternary nitrogens is 1. The van der Waals surface area contributed by atoms with Crippen molar-refractivity contribution in [3.05, 3.63) is 0 Å². The van der Waals surface area contributed by atoms with Crippen molar-refractivity contribution < 1.29 is 14.4 Å². The molecule has 3 heteroatoms. The number of nitrogens with one attached hydrogen (secondary N) is 1. The molecule has 20 heavy (non-hydrogen) atoms. The van der Waals surface area contributed by atoms with Crippen LogP contribution in [0.25, 0.3) is 0 Å². The third-order valence-electron chi connectivity index (χ3n) is 6.20. The molecule has 0 aromatic carbocycles. The molecule has 2 atom stereocenters. The minimum absolute atomic E-state index is 0.109. The summed E-state index contributed by atoms with van der Waals surface area (Å²) in [7, 11) is 4.20. The summed E-state index contributed by atoms with van der Waals surface area (Å²) in [6.45, 7) is 3.81. The van der Waals surface area contributed by atoms with E-state index in [4.69, 9.17) is 4.74 Å². The summed E-state index contributed by atoms with van der Waals surface area (Å²) in [5.74, 6) is 1.72. The van der Waals surface area contributed by atoms with Gasteiger partial charge < -0.3 is 9.64 Å². The Hall–Kier alpha value is -0.570. The number of ether oxygens (including phenoxy) is 1. The molecule has 4 aliphatic carbocycles. The van der Waals surface area contributed by atoms with Crippen LogP contribution in [0.2, 0.25) is 0 Å². The molecule has 0 radical (unpaired) electrons. The molecule has 0 saturated heterocycles. The Kier molecular flexibility index (Phi) is 3.60. The van der Waals surface area contributed by atoms with E-state index in [0.29, 0.717) is 12.0 Å². The van der Waals surface area contributed by atoms with E-state index in [2.05, 4.69) is 21.0 Å². The highest BCUT2D eigenvalue weighted by molar-refractivity contribution is 5.77. The van der Waals surface area contributed by atoms with Crippen LogP contribution in [0.4, 0.5) is 0 Å². The standard InChI is InChI=1S/C17H29NO2/c1-4-16-8-13-7-14(9-16)11-17(10-13,12-16)15(19)20-6-5-18(2)3/h13-14H,4-12H2,1-3H3/p+1/t13-,14-,16?,17?/m0/s1. The molecule has 0 aliphatic heterocycles. The molecule has 4 bridgehead atoms. The summed E-state index contributed by atoms with van der Waals surface area (Å²) in [6, 6.07) is 0. The van der Waals surface area contributed by atoms with Crippen molar-refractivity contribution in [1.82, 2.24) is 0 Å². The van der Waals surface area contributed by atoms with Crippen LogP contribution in [0.15, 0.2) is 0 Å². The van der Waals surface area contributed by atoms with Crippen molar-refractivity contribution in [3.8, 4) is 0 Å². The fourth-order valence-corrected chi connectivity index (χ4v) is 5.61. The Bertz CT molecular complexity index is 376. The maximum atomic E-state index is 12.7. The van der Waals surface area contributed by atoms with Gasteiger partial charge in [-0.05, 0) is 55.8 Å². The zero-order valence-corrected chi connectivity index (χ0v) is 13.3. The summed E-state index contributed by atoms with van der Waals surface area (Å²) >= 11 is 0. The van der Waals surface area contributed by atoms with E-state index in [1.807, 2.05) is 0 Å². The van der Waals surface area contributed by atoms with Crippen LogP contribution in [0.5, 0.6) is 0 Å². The number of hydrogen-bond acceptors (Lipinski definition) is 2. The van der Waals surface area contributed by atoms with Gasteiger partial charge in [0.2, 0.25) is 0 Å². The Balaban J connectivity index is 1.70. The van der Waals surface area contributed by atoms with Gasteiger partial charge in [0.1, 0.15) is 13.2 Å². The molecule has 0 amide bonds. The topological polar surface area (TPSA) is 30.7 Å². The summed E-state index contributed by atoms with van der Waals surface area (Å²) in [4.78, 5) is 14.0. The zero-order chi connectivity index (χ0) is 14.4. The number of likely N-dealkylation sites (N-methyl/N-ethyl adjacent to an activating group) is 1. The summed E-state index contributed by atoms with van der Waals surface area (Å²) in [6.07, 6.45) is 8.69. The van der Waals surface area contributed by atoms with Gasteiger partial charge in [-0.15, -0.1) is 0 Å². The monoisotopic (exact) mass is 280 g/mol. The third-order valence-corrected chi connectivity index (χ3v) is 6.20. The van der Waals surface area contributed by atoms with Gasteiger partial charge in [-0.2, -0.15) is 0 Å². The third kappa shape index (κ3) is 2.38. The molecule has 4 aliphatic rings. The number of rotatable bonds is 5. The second-order valence-corrected chi connectivity index (χ2v) is 8.19. The van der Waals surface area contributed by atoms with Gasteiger partial charge in [0.05, 0.1) is 19.5 Å². The van der Waals surface area contributed by atoms with Crippen LogP contribution in [0, 0.1) is 22.7 Å². The van der Waals surface area contributed by atoms with Gasteiger partial charge in [0.25, 0.3) is 0 Å². The second-order valence-electron chi connectivity index (χ2n) is 8.19. The van der Waals surface area contributed by atoms with E-state index >= 15 is 0 Å². The first-order chi connectivity index (χ1) is 9.47. The lowest BCUT2D eigenvalue weighted by atomic mass is 9.43. The summed E-state index contributed by atoms with van der Waals surface area (Å²) in [5, 5.41) is 0. The lowest BCUT2D eigenvalue weighted by molar-refractivity contribution is -0.858. The lowest BCUT2D eigenvalue weighted by Crippen LogP contribution is -3.06.